The minimum atomic E-state index is -3.28. The van der Waals surface area contributed by atoms with Crippen molar-refractivity contribution in [1.29, 1.82) is 0 Å². The van der Waals surface area contributed by atoms with E-state index in [1.54, 1.807) is 18.2 Å². The topological polar surface area (TPSA) is 46.2 Å². The van der Waals surface area contributed by atoms with Crippen molar-refractivity contribution in [1.82, 2.24) is 5.32 Å². The zero-order valence-corrected chi connectivity index (χ0v) is 12.1. The molecule has 0 amide bonds. The molecule has 0 atom stereocenters. The van der Waals surface area contributed by atoms with Crippen LogP contribution in [-0.4, -0.2) is 21.0 Å². The fraction of sp³-hybridized carbons (Fsp3) is 0.429. The quantitative estimate of drug-likeness (QED) is 0.933. The lowest BCUT2D eigenvalue weighted by atomic mass is 10.1. The minimum Gasteiger partial charge on any atom is -0.310 e. The van der Waals surface area contributed by atoms with E-state index in [1.165, 1.54) is 31.1 Å². The molecule has 1 heterocycles. The second kappa shape index (κ2) is 4.93. The molecule has 3 rings (SSSR count). The highest BCUT2D eigenvalue weighted by molar-refractivity contribution is 7.95. The molecule has 0 spiro atoms. The Bertz CT molecular complexity index is 631. The SMILES string of the molecule is O=S1(=O)C=C(CNC2CCCC2)c2cc(Cl)ccc21. The van der Waals surface area contributed by atoms with Gasteiger partial charge in [0.15, 0.2) is 0 Å². The molecule has 1 aromatic rings. The first-order chi connectivity index (χ1) is 9.06. The van der Waals surface area contributed by atoms with Gasteiger partial charge in [0.25, 0.3) is 0 Å². The maximum absolute atomic E-state index is 12.0. The van der Waals surface area contributed by atoms with Gasteiger partial charge in [0, 0.05) is 28.6 Å². The summed E-state index contributed by atoms with van der Waals surface area (Å²) in [5, 5.41) is 5.39. The predicted octanol–water partition coefficient (Wildman–Crippen LogP) is 3.00. The van der Waals surface area contributed by atoms with Gasteiger partial charge in [0.2, 0.25) is 9.84 Å². The Labute approximate surface area is 118 Å². The maximum Gasteiger partial charge on any atom is 0.200 e. The van der Waals surface area contributed by atoms with Gasteiger partial charge in [0.1, 0.15) is 0 Å². The van der Waals surface area contributed by atoms with Crippen molar-refractivity contribution < 1.29 is 8.42 Å². The predicted molar refractivity (Wildman–Crippen MR) is 76.9 cm³/mol. The highest BCUT2D eigenvalue weighted by atomic mass is 35.5. The molecular weight excluding hydrogens is 282 g/mol. The molecule has 102 valence electrons. The Kier molecular flexibility index (Phi) is 3.41. The Hall–Kier alpha value is -0.840. The van der Waals surface area contributed by atoms with Crippen LogP contribution in [0.4, 0.5) is 0 Å². The lowest BCUT2D eigenvalue weighted by molar-refractivity contribution is 0.560. The molecule has 0 radical (unpaired) electrons. The Morgan fingerprint density at radius 1 is 1.26 bits per heavy atom. The van der Waals surface area contributed by atoms with E-state index in [0.29, 0.717) is 22.5 Å². The van der Waals surface area contributed by atoms with Crippen LogP contribution in [0.1, 0.15) is 31.2 Å². The molecule has 5 heteroatoms. The smallest absolute Gasteiger partial charge is 0.200 e. The standard InChI is InChI=1S/C14H16ClNO2S/c15-11-5-6-14-13(7-11)10(9-19(14,17)18)8-16-12-3-1-2-4-12/h5-7,9,12,16H,1-4,8H2. The van der Waals surface area contributed by atoms with E-state index in [2.05, 4.69) is 5.32 Å². The highest BCUT2D eigenvalue weighted by Gasteiger charge is 2.27. The number of benzene rings is 1. The van der Waals surface area contributed by atoms with Gasteiger partial charge in [-0.3, -0.25) is 0 Å². The van der Waals surface area contributed by atoms with Crippen molar-refractivity contribution in [3.05, 3.63) is 34.2 Å². The van der Waals surface area contributed by atoms with E-state index in [-0.39, 0.29) is 0 Å². The molecule has 2 aliphatic rings. The summed E-state index contributed by atoms with van der Waals surface area (Å²) in [5.41, 5.74) is 1.57. The largest absolute Gasteiger partial charge is 0.310 e. The summed E-state index contributed by atoms with van der Waals surface area (Å²) in [6.45, 7) is 0.594. The first-order valence-electron chi connectivity index (χ1n) is 6.55. The van der Waals surface area contributed by atoms with Crippen molar-refractivity contribution in [2.75, 3.05) is 6.54 Å². The van der Waals surface area contributed by atoms with Gasteiger partial charge in [-0.15, -0.1) is 0 Å². The van der Waals surface area contributed by atoms with Crippen LogP contribution < -0.4 is 5.32 Å². The molecule has 1 aliphatic carbocycles. The van der Waals surface area contributed by atoms with Crippen LogP contribution in [-0.2, 0) is 9.84 Å². The third-order valence-corrected chi connectivity index (χ3v) is 5.63. The normalized spacial score (nSPS) is 21.4. The zero-order chi connectivity index (χ0) is 13.5. The first kappa shape index (κ1) is 13.2. The number of nitrogens with one attached hydrogen (secondary N) is 1. The average molecular weight is 298 g/mol. The Morgan fingerprint density at radius 3 is 2.74 bits per heavy atom. The van der Waals surface area contributed by atoms with E-state index >= 15 is 0 Å². The third-order valence-electron chi connectivity index (χ3n) is 3.83. The van der Waals surface area contributed by atoms with Gasteiger partial charge in [-0.1, -0.05) is 24.4 Å². The Morgan fingerprint density at radius 2 is 2.00 bits per heavy atom. The third kappa shape index (κ3) is 2.57. The molecule has 1 aliphatic heterocycles. The van der Waals surface area contributed by atoms with Crippen molar-refractivity contribution >= 4 is 27.0 Å². The lowest BCUT2D eigenvalue weighted by Crippen LogP contribution is -2.27. The summed E-state index contributed by atoms with van der Waals surface area (Å²) in [6.07, 6.45) is 4.89. The summed E-state index contributed by atoms with van der Waals surface area (Å²) in [4.78, 5) is 0.375. The zero-order valence-electron chi connectivity index (χ0n) is 10.5. The summed E-state index contributed by atoms with van der Waals surface area (Å²) in [6, 6.07) is 5.47. The molecule has 3 nitrogen and oxygen atoms in total. The summed E-state index contributed by atoms with van der Waals surface area (Å²) >= 11 is 5.97. The summed E-state index contributed by atoms with van der Waals surface area (Å²) in [7, 11) is -3.28. The van der Waals surface area contributed by atoms with Crippen LogP contribution in [0.25, 0.3) is 5.57 Å². The van der Waals surface area contributed by atoms with Gasteiger partial charge in [0.05, 0.1) is 4.90 Å². The van der Waals surface area contributed by atoms with Crippen molar-refractivity contribution in [3.63, 3.8) is 0 Å². The fourth-order valence-corrected chi connectivity index (χ4v) is 4.47. The average Bonchev–Trinajstić information content (AvgIpc) is 2.94. The number of sulfone groups is 1. The molecular formula is C14H16ClNO2S. The Balaban J connectivity index is 1.84. The van der Waals surface area contributed by atoms with E-state index in [4.69, 9.17) is 11.6 Å². The van der Waals surface area contributed by atoms with E-state index < -0.39 is 9.84 Å². The molecule has 1 saturated carbocycles. The second-order valence-corrected chi connectivity index (χ2v) is 7.39. The molecule has 1 N–H and O–H groups in total. The molecule has 19 heavy (non-hydrogen) atoms. The van der Waals surface area contributed by atoms with Crippen molar-refractivity contribution in [3.8, 4) is 0 Å². The molecule has 1 aromatic carbocycles. The number of hydrogen-bond acceptors (Lipinski definition) is 3. The molecule has 0 unspecified atom stereocenters. The van der Waals surface area contributed by atoms with Crippen LogP contribution >= 0.6 is 11.6 Å². The maximum atomic E-state index is 12.0. The number of hydrogen-bond donors (Lipinski definition) is 1. The van der Waals surface area contributed by atoms with E-state index in [1.807, 2.05) is 0 Å². The van der Waals surface area contributed by atoms with Crippen molar-refractivity contribution in [2.24, 2.45) is 0 Å². The van der Waals surface area contributed by atoms with Crippen LogP contribution in [0, 0.1) is 0 Å². The number of rotatable bonds is 3. The summed E-state index contributed by atoms with van der Waals surface area (Å²) < 4.78 is 24.0. The van der Waals surface area contributed by atoms with Crippen LogP contribution in [0.5, 0.6) is 0 Å². The van der Waals surface area contributed by atoms with Gasteiger partial charge in [-0.2, -0.15) is 0 Å². The van der Waals surface area contributed by atoms with Gasteiger partial charge in [-0.05, 0) is 36.6 Å². The van der Waals surface area contributed by atoms with E-state index in [0.717, 1.165) is 11.1 Å². The van der Waals surface area contributed by atoms with E-state index in [9.17, 15) is 8.42 Å². The lowest BCUT2D eigenvalue weighted by Gasteiger charge is -2.12. The van der Waals surface area contributed by atoms with Crippen LogP contribution in [0.3, 0.4) is 0 Å². The van der Waals surface area contributed by atoms with Gasteiger partial charge >= 0.3 is 0 Å². The van der Waals surface area contributed by atoms with Crippen LogP contribution in [0.2, 0.25) is 5.02 Å². The minimum absolute atomic E-state index is 0.375. The van der Waals surface area contributed by atoms with Gasteiger partial charge in [-0.25, -0.2) is 8.42 Å². The second-order valence-electron chi connectivity index (χ2n) is 5.19. The van der Waals surface area contributed by atoms with Crippen molar-refractivity contribution in [2.45, 2.75) is 36.6 Å². The molecule has 1 fully saturated rings. The molecule has 0 saturated heterocycles. The number of halogens is 1. The number of fused-ring (bicyclic) bond motifs is 1. The monoisotopic (exact) mass is 297 g/mol. The van der Waals surface area contributed by atoms with Crippen LogP contribution in [0.15, 0.2) is 28.5 Å². The molecule has 0 aromatic heterocycles. The first-order valence-corrected chi connectivity index (χ1v) is 8.48. The fourth-order valence-electron chi connectivity index (χ4n) is 2.84. The van der Waals surface area contributed by atoms with Gasteiger partial charge < -0.3 is 5.32 Å². The highest BCUT2D eigenvalue weighted by Crippen LogP contribution is 2.35. The summed E-state index contributed by atoms with van der Waals surface area (Å²) in [5.74, 6) is 0. The molecule has 0 bridgehead atoms.